The van der Waals surface area contributed by atoms with Crippen LogP contribution in [0.5, 0.6) is 11.5 Å². The highest BCUT2D eigenvalue weighted by molar-refractivity contribution is 5.46. The number of aliphatic hydroxyl groups is 1. The van der Waals surface area contributed by atoms with Crippen molar-refractivity contribution in [3.05, 3.63) is 131 Å². The van der Waals surface area contributed by atoms with Gasteiger partial charge in [-0.3, -0.25) is 0 Å². The van der Waals surface area contributed by atoms with Crippen LogP contribution in [-0.2, 0) is 35.9 Å². The third-order valence-corrected chi connectivity index (χ3v) is 9.51. The SMILES string of the molecule is OC(c1ccc(OCCOCCOCc2ccccc2)cc1)(c1cccc(OC2CCCCO2)c1)C(CCOC1CCCCO1)c1ccccc1. The van der Waals surface area contributed by atoms with Gasteiger partial charge in [-0.2, -0.15) is 0 Å². The second-order valence-corrected chi connectivity index (χ2v) is 13.2. The van der Waals surface area contributed by atoms with Crippen LogP contribution in [0.15, 0.2) is 109 Å². The van der Waals surface area contributed by atoms with Crippen molar-refractivity contribution < 1.29 is 38.3 Å². The van der Waals surface area contributed by atoms with E-state index in [4.69, 9.17) is 33.2 Å². The van der Waals surface area contributed by atoms with E-state index in [1.807, 2.05) is 97.1 Å². The summed E-state index contributed by atoms with van der Waals surface area (Å²) in [6.07, 6.45) is 6.07. The summed E-state index contributed by atoms with van der Waals surface area (Å²) in [5, 5.41) is 13.2. The molecule has 1 N–H and O–H groups in total. The number of hydrogen-bond acceptors (Lipinski definition) is 8. The molecule has 2 heterocycles. The fraction of sp³-hybridized carbons (Fsp3) is 0.442. The normalized spacial score (nSPS) is 19.5. The topological polar surface area (TPSA) is 84.8 Å². The lowest BCUT2D eigenvalue weighted by Crippen LogP contribution is -2.36. The summed E-state index contributed by atoms with van der Waals surface area (Å²) in [6.45, 7) is 4.28. The quantitative estimate of drug-likeness (QED) is 0.0984. The second kappa shape index (κ2) is 19.7. The summed E-state index contributed by atoms with van der Waals surface area (Å²) in [7, 11) is 0. The number of hydrogen-bond donors (Lipinski definition) is 1. The average Bonchev–Trinajstić information content (AvgIpc) is 3.19. The Morgan fingerprint density at radius 2 is 1.31 bits per heavy atom. The fourth-order valence-corrected chi connectivity index (χ4v) is 6.80. The molecule has 8 heteroatoms. The molecule has 272 valence electrons. The van der Waals surface area contributed by atoms with Gasteiger partial charge in [0.05, 0.1) is 39.6 Å². The van der Waals surface area contributed by atoms with Crippen molar-refractivity contribution in [2.45, 2.75) is 75.7 Å². The number of rotatable bonds is 19. The Morgan fingerprint density at radius 1 is 0.627 bits per heavy atom. The second-order valence-electron chi connectivity index (χ2n) is 13.2. The van der Waals surface area contributed by atoms with Gasteiger partial charge in [0.15, 0.2) is 12.6 Å². The Bertz CT molecular complexity index is 1540. The van der Waals surface area contributed by atoms with Gasteiger partial charge in [-0.25, -0.2) is 0 Å². The molecule has 2 saturated heterocycles. The molecule has 0 aliphatic carbocycles. The summed E-state index contributed by atoms with van der Waals surface area (Å²) in [4.78, 5) is 0. The minimum Gasteiger partial charge on any atom is -0.491 e. The van der Waals surface area contributed by atoms with E-state index in [9.17, 15) is 5.11 Å². The minimum absolute atomic E-state index is 0.210. The van der Waals surface area contributed by atoms with E-state index in [0.29, 0.717) is 64.2 Å². The standard InChI is InChI=1S/C43H52O8/c44-43(37-16-11-17-39(32-37)51-42-19-8-10-26-49-42,40(35-14-5-2-6-15-35)24-27-50-41-18-7-9-25-48-41)36-20-22-38(23-21-36)47-31-30-45-28-29-46-33-34-12-3-1-4-13-34/h1-6,11-17,20-23,32,40-42,44H,7-10,18-19,24-31,33H2. The maximum atomic E-state index is 13.2. The van der Waals surface area contributed by atoms with E-state index < -0.39 is 5.60 Å². The van der Waals surface area contributed by atoms with E-state index >= 15 is 0 Å². The van der Waals surface area contributed by atoms with Crippen molar-refractivity contribution in [3.63, 3.8) is 0 Å². The van der Waals surface area contributed by atoms with Gasteiger partial charge in [-0.05, 0) is 85.0 Å². The molecule has 6 rings (SSSR count). The first-order valence-corrected chi connectivity index (χ1v) is 18.5. The predicted molar refractivity (Wildman–Crippen MR) is 196 cm³/mol. The molecule has 4 aromatic rings. The molecule has 0 amide bonds. The maximum Gasteiger partial charge on any atom is 0.199 e. The van der Waals surface area contributed by atoms with Gasteiger partial charge in [0.25, 0.3) is 0 Å². The van der Waals surface area contributed by atoms with Crippen LogP contribution in [-0.4, -0.2) is 63.9 Å². The van der Waals surface area contributed by atoms with E-state index in [1.54, 1.807) is 0 Å². The molecule has 0 saturated carbocycles. The van der Waals surface area contributed by atoms with Gasteiger partial charge >= 0.3 is 0 Å². The summed E-state index contributed by atoms with van der Waals surface area (Å²) in [5.41, 5.74) is 2.21. The van der Waals surface area contributed by atoms with Gasteiger partial charge in [0, 0.05) is 18.9 Å². The molecule has 4 atom stereocenters. The van der Waals surface area contributed by atoms with Crippen molar-refractivity contribution in [1.29, 1.82) is 0 Å². The summed E-state index contributed by atoms with van der Waals surface area (Å²) in [5.74, 6) is 1.03. The van der Waals surface area contributed by atoms with E-state index in [0.717, 1.165) is 67.4 Å². The lowest BCUT2D eigenvalue weighted by Gasteiger charge is -2.38. The Balaban J connectivity index is 1.16. The average molecular weight is 697 g/mol. The van der Waals surface area contributed by atoms with Gasteiger partial charge < -0.3 is 38.3 Å². The number of ether oxygens (including phenoxy) is 7. The minimum atomic E-state index is -1.42. The molecule has 0 bridgehead atoms. The van der Waals surface area contributed by atoms with E-state index in [-0.39, 0.29) is 18.5 Å². The molecule has 0 radical (unpaired) electrons. The Morgan fingerprint density at radius 3 is 2.04 bits per heavy atom. The van der Waals surface area contributed by atoms with Crippen LogP contribution < -0.4 is 9.47 Å². The van der Waals surface area contributed by atoms with E-state index in [2.05, 4.69) is 12.1 Å². The van der Waals surface area contributed by atoms with Crippen LogP contribution in [0, 0.1) is 0 Å². The predicted octanol–water partition coefficient (Wildman–Crippen LogP) is 8.16. The molecular weight excluding hydrogens is 644 g/mol. The molecule has 2 aliphatic rings. The molecule has 2 fully saturated rings. The van der Waals surface area contributed by atoms with Crippen LogP contribution in [0.2, 0.25) is 0 Å². The van der Waals surface area contributed by atoms with Gasteiger partial charge in [0.1, 0.15) is 23.7 Å². The highest BCUT2D eigenvalue weighted by atomic mass is 16.7. The van der Waals surface area contributed by atoms with Crippen molar-refractivity contribution in [1.82, 2.24) is 0 Å². The van der Waals surface area contributed by atoms with Gasteiger partial charge in [-0.1, -0.05) is 84.9 Å². The highest BCUT2D eigenvalue weighted by Crippen LogP contribution is 2.46. The maximum absolute atomic E-state index is 13.2. The molecule has 51 heavy (non-hydrogen) atoms. The Labute approximate surface area is 302 Å². The van der Waals surface area contributed by atoms with Crippen molar-refractivity contribution in [2.24, 2.45) is 0 Å². The first kappa shape index (κ1) is 37.0. The summed E-state index contributed by atoms with van der Waals surface area (Å²) < 4.78 is 41.7. The lowest BCUT2D eigenvalue weighted by atomic mass is 9.71. The molecule has 2 aliphatic heterocycles. The molecule has 0 spiro atoms. The lowest BCUT2D eigenvalue weighted by molar-refractivity contribution is -0.164. The molecular formula is C43H52O8. The fourth-order valence-electron chi connectivity index (χ4n) is 6.80. The van der Waals surface area contributed by atoms with Crippen LogP contribution >= 0.6 is 0 Å². The van der Waals surface area contributed by atoms with Crippen LogP contribution in [0.4, 0.5) is 0 Å². The van der Waals surface area contributed by atoms with Gasteiger partial charge in [0.2, 0.25) is 0 Å². The zero-order chi connectivity index (χ0) is 35.0. The van der Waals surface area contributed by atoms with Crippen molar-refractivity contribution in [2.75, 3.05) is 46.2 Å². The highest BCUT2D eigenvalue weighted by Gasteiger charge is 2.41. The molecule has 4 unspecified atom stereocenters. The zero-order valence-corrected chi connectivity index (χ0v) is 29.5. The largest absolute Gasteiger partial charge is 0.491 e. The van der Waals surface area contributed by atoms with Crippen LogP contribution in [0.3, 0.4) is 0 Å². The Kier molecular flexibility index (Phi) is 14.3. The van der Waals surface area contributed by atoms with Crippen molar-refractivity contribution >= 4 is 0 Å². The number of benzene rings is 4. The Hall–Kier alpha value is -3.76. The molecule has 4 aromatic carbocycles. The van der Waals surface area contributed by atoms with Crippen LogP contribution in [0.1, 0.15) is 73.1 Å². The molecule has 8 nitrogen and oxygen atoms in total. The smallest absolute Gasteiger partial charge is 0.199 e. The van der Waals surface area contributed by atoms with Gasteiger partial charge in [-0.15, -0.1) is 0 Å². The molecule has 0 aromatic heterocycles. The zero-order valence-electron chi connectivity index (χ0n) is 29.5. The first-order chi connectivity index (χ1) is 25.2. The summed E-state index contributed by atoms with van der Waals surface area (Å²) >= 11 is 0. The van der Waals surface area contributed by atoms with Crippen molar-refractivity contribution in [3.8, 4) is 11.5 Å². The third kappa shape index (κ3) is 10.9. The third-order valence-electron chi connectivity index (χ3n) is 9.51. The van der Waals surface area contributed by atoms with E-state index in [1.165, 1.54) is 0 Å². The first-order valence-electron chi connectivity index (χ1n) is 18.5. The summed E-state index contributed by atoms with van der Waals surface area (Å²) in [6, 6.07) is 35.8. The monoisotopic (exact) mass is 696 g/mol. The van der Waals surface area contributed by atoms with Crippen LogP contribution in [0.25, 0.3) is 0 Å².